The predicted molar refractivity (Wildman–Crippen MR) is 133 cm³/mol. The second-order valence-electron chi connectivity index (χ2n) is 8.88. The molecule has 3 aromatic rings. The Morgan fingerprint density at radius 1 is 0.939 bits per heavy atom. The van der Waals surface area contributed by atoms with Crippen molar-refractivity contribution < 1.29 is 0 Å². The maximum atomic E-state index is 12.8. The van der Waals surface area contributed by atoms with Gasteiger partial charge in [-0.25, -0.2) is 4.98 Å². The van der Waals surface area contributed by atoms with Crippen molar-refractivity contribution in [2.75, 3.05) is 49.5 Å². The molecule has 0 saturated carbocycles. The van der Waals surface area contributed by atoms with Crippen molar-refractivity contribution in [3.8, 4) is 0 Å². The molecule has 33 heavy (non-hydrogen) atoms. The lowest BCUT2D eigenvalue weighted by Crippen LogP contribution is -2.46. The fourth-order valence-electron chi connectivity index (χ4n) is 4.73. The normalized spacial score (nSPS) is 17.1. The van der Waals surface area contributed by atoms with Crippen molar-refractivity contribution in [1.82, 2.24) is 19.8 Å². The zero-order valence-electron chi connectivity index (χ0n) is 19.3. The van der Waals surface area contributed by atoms with Crippen LogP contribution in [0.1, 0.15) is 23.7 Å². The number of fused-ring (bicyclic) bond motifs is 1. The minimum atomic E-state index is -0.0503. The number of anilines is 3. The summed E-state index contributed by atoms with van der Waals surface area (Å²) in [4.78, 5) is 27.7. The quantitative estimate of drug-likeness (QED) is 0.609. The van der Waals surface area contributed by atoms with Gasteiger partial charge in [-0.2, -0.15) is 0 Å². The zero-order chi connectivity index (χ0) is 22.6. The van der Waals surface area contributed by atoms with Crippen LogP contribution in [0.2, 0.25) is 0 Å². The Bertz CT molecular complexity index is 1120. The number of hydrogen-bond acceptors (Lipinski definition) is 6. The van der Waals surface area contributed by atoms with Crippen LogP contribution in [0, 0.1) is 0 Å². The van der Waals surface area contributed by atoms with Crippen molar-refractivity contribution in [2.45, 2.75) is 26.4 Å². The minimum Gasteiger partial charge on any atom is -0.369 e. The molecule has 172 valence electrons. The molecule has 0 unspecified atom stereocenters. The lowest BCUT2D eigenvalue weighted by molar-refractivity contribution is 0.242. The Kier molecular flexibility index (Phi) is 6.41. The molecule has 5 rings (SSSR count). The summed E-state index contributed by atoms with van der Waals surface area (Å²) in [7, 11) is 0. The molecule has 2 N–H and O–H groups in total. The third kappa shape index (κ3) is 5.10. The number of H-pyrrole nitrogens is 1. The number of aromatic nitrogens is 2. The smallest absolute Gasteiger partial charge is 0.257 e. The molecule has 2 aliphatic heterocycles. The van der Waals surface area contributed by atoms with Gasteiger partial charge in [0.15, 0.2) is 0 Å². The number of nitrogens with zero attached hydrogens (tertiary/aromatic N) is 4. The molecule has 1 fully saturated rings. The highest BCUT2D eigenvalue weighted by Crippen LogP contribution is 2.22. The van der Waals surface area contributed by atoms with E-state index in [1.165, 1.54) is 11.3 Å². The molecule has 1 aromatic heterocycles. The van der Waals surface area contributed by atoms with Crippen LogP contribution in [-0.4, -0.2) is 59.0 Å². The molecule has 0 atom stereocenters. The molecular formula is C26H32N6O. The Hall–Kier alpha value is -3.16. The number of hydrogen-bond donors (Lipinski definition) is 2. The first kappa shape index (κ1) is 21.7. The van der Waals surface area contributed by atoms with Crippen LogP contribution < -0.4 is 15.8 Å². The molecule has 0 amide bonds. The maximum Gasteiger partial charge on any atom is 0.257 e. The fraction of sp³-hybridized carbons (Fsp3) is 0.385. The summed E-state index contributed by atoms with van der Waals surface area (Å²) in [6.07, 6.45) is 0.781. The number of likely N-dealkylation sites (N-methyl/N-ethyl adjacent to an activating group) is 1. The highest BCUT2D eigenvalue weighted by atomic mass is 16.1. The number of piperazine rings is 1. The van der Waals surface area contributed by atoms with Gasteiger partial charge in [-0.3, -0.25) is 14.7 Å². The van der Waals surface area contributed by atoms with Gasteiger partial charge in [0.25, 0.3) is 5.56 Å². The van der Waals surface area contributed by atoms with Gasteiger partial charge >= 0.3 is 0 Å². The van der Waals surface area contributed by atoms with Crippen molar-refractivity contribution in [3.63, 3.8) is 0 Å². The fourth-order valence-corrected chi connectivity index (χ4v) is 4.73. The van der Waals surface area contributed by atoms with Gasteiger partial charge in [-0.05, 0) is 36.4 Å². The van der Waals surface area contributed by atoms with Crippen molar-refractivity contribution in [2.24, 2.45) is 0 Å². The Morgan fingerprint density at radius 3 is 2.42 bits per heavy atom. The van der Waals surface area contributed by atoms with Gasteiger partial charge in [0.2, 0.25) is 5.95 Å². The van der Waals surface area contributed by atoms with E-state index in [-0.39, 0.29) is 5.56 Å². The van der Waals surface area contributed by atoms with Crippen LogP contribution in [0.4, 0.5) is 17.3 Å². The monoisotopic (exact) mass is 444 g/mol. The molecule has 0 aliphatic carbocycles. The number of aromatic amines is 1. The van der Waals surface area contributed by atoms with Crippen molar-refractivity contribution >= 4 is 17.3 Å². The summed E-state index contributed by atoms with van der Waals surface area (Å²) in [5.74, 6) is 0.513. The third-order valence-electron chi connectivity index (χ3n) is 6.71. The molecule has 2 aliphatic rings. The number of benzene rings is 2. The van der Waals surface area contributed by atoms with E-state index >= 15 is 0 Å². The predicted octanol–water partition coefficient (Wildman–Crippen LogP) is 3.21. The maximum absolute atomic E-state index is 12.8. The third-order valence-corrected chi connectivity index (χ3v) is 6.71. The van der Waals surface area contributed by atoms with E-state index in [9.17, 15) is 4.79 Å². The summed E-state index contributed by atoms with van der Waals surface area (Å²) in [5.41, 5.74) is 5.06. The van der Waals surface area contributed by atoms with Gasteiger partial charge in [-0.1, -0.05) is 37.3 Å². The molecule has 0 bridgehead atoms. The van der Waals surface area contributed by atoms with E-state index in [0.29, 0.717) is 12.5 Å². The summed E-state index contributed by atoms with van der Waals surface area (Å²) >= 11 is 0. The van der Waals surface area contributed by atoms with E-state index in [2.05, 4.69) is 80.5 Å². The molecule has 0 radical (unpaired) electrons. The lowest BCUT2D eigenvalue weighted by atomic mass is 10.1. The van der Waals surface area contributed by atoms with Crippen LogP contribution >= 0.6 is 0 Å². The molecule has 1 saturated heterocycles. The van der Waals surface area contributed by atoms with E-state index in [4.69, 9.17) is 4.98 Å². The van der Waals surface area contributed by atoms with E-state index in [1.54, 1.807) is 0 Å². The van der Waals surface area contributed by atoms with Gasteiger partial charge < -0.3 is 15.1 Å². The highest BCUT2D eigenvalue weighted by Gasteiger charge is 2.21. The average molecular weight is 445 g/mol. The standard InChI is InChI=1S/C26H32N6O/c1-2-30-14-16-32(17-15-30)22-10-8-21(9-11-22)27-26-28-24-12-13-31(19-23(24)25(33)29-26)18-20-6-4-3-5-7-20/h3-11H,2,12-19H2,1H3,(H2,27,28,29,33). The molecule has 0 spiro atoms. The summed E-state index contributed by atoms with van der Waals surface area (Å²) in [6.45, 7) is 10.1. The Balaban J connectivity index is 1.23. The van der Waals surface area contributed by atoms with Crippen LogP contribution in [0.3, 0.4) is 0 Å². The number of nitrogens with one attached hydrogen (secondary N) is 2. The second-order valence-corrected chi connectivity index (χ2v) is 8.88. The van der Waals surface area contributed by atoms with Crippen LogP contribution in [-0.2, 0) is 19.5 Å². The summed E-state index contributed by atoms with van der Waals surface area (Å²) in [6, 6.07) is 18.8. The zero-order valence-corrected chi connectivity index (χ0v) is 19.3. The SMILES string of the molecule is CCN1CCN(c2ccc(Nc3nc4c(c(=O)[nH]3)CN(Cc3ccccc3)CC4)cc2)CC1. The Labute approximate surface area is 195 Å². The highest BCUT2D eigenvalue weighted by molar-refractivity contribution is 5.59. The topological polar surface area (TPSA) is 67.5 Å². The molecular weight excluding hydrogens is 412 g/mol. The Morgan fingerprint density at radius 2 is 1.70 bits per heavy atom. The molecule has 3 heterocycles. The average Bonchev–Trinajstić information content (AvgIpc) is 2.86. The van der Waals surface area contributed by atoms with Crippen LogP contribution in [0.25, 0.3) is 0 Å². The van der Waals surface area contributed by atoms with Gasteiger partial charge in [0.05, 0.1) is 11.3 Å². The molecule has 7 heteroatoms. The van der Waals surface area contributed by atoms with Crippen molar-refractivity contribution in [1.29, 1.82) is 0 Å². The minimum absolute atomic E-state index is 0.0503. The van der Waals surface area contributed by atoms with E-state index in [0.717, 1.165) is 69.2 Å². The van der Waals surface area contributed by atoms with E-state index < -0.39 is 0 Å². The first-order valence-corrected chi connectivity index (χ1v) is 11.9. The van der Waals surface area contributed by atoms with Gasteiger partial charge in [0, 0.05) is 63.6 Å². The number of rotatable bonds is 6. The summed E-state index contributed by atoms with van der Waals surface area (Å²) < 4.78 is 0. The molecule has 2 aromatic carbocycles. The van der Waals surface area contributed by atoms with E-state index in [1.807, 2.05) is 6.07 Å². The largest absolute Gasteiger partial charge is 0.369 e. The second kappa shape index (κ2) is 9.77. The molecule has 7 nitrogen and oxygen atoms in total. The first-order valence-electron chi connectivity index (χ1n) is 11.9. The van der Waals surface area contributed by atoms with Crippen molar-refractivity contribution in [3.05, 3.63) is 81.8 Å². The summed E-state index contributed by atoms with van der Waals surface area (Å²) in [5, 5.41) is 3.29. The van der Waals surface area contributed by atoms with Gasteiger partial charge in [0.1, 0.15) is 0 Å². The first-order chi connectivity index (χ1) is 16.2. The van der Waals surface area contributed by atoms with Crippen LogP contribution in [0.5, 0.6) is 0 Å². The van der Waals surface area contributed by atoms with Gasteiger partial charge in [-0.15, -0.1) is 0 Å². The lowest BCUT2D eigenvalue weighted by Gasteiger charge is -2.35. The van der Waals surface area contributed by atoms with Crippen LogP contribution in [0.15, 0.2) is 59.4 Å².